The number of likely N-dealkylation sites (N-methyl/N-ethyl adjacent to an activating group) is 1. The van der Waals surface area contributed by atoms with Crippen LogP contribution in [0.5, 0.6) is 5.75 Å². The normalized spacial score (nSPS) is 11.0. The van der Waals surface area contributed by atoms with Crippen LogP contribution in [0.1, 0.15) is 5.56 Å². The number of benzene rings is 1. The van der Waals surface area contributed by atoms with Crippen LogP contribution < -0.4 is 4.74 Å². The van der Waals surface area contributed by atoms with Gasteiger partial charge in [0.1, 0.15) is 5.75 Å². The molecule has 0 amide bonds. The molecule has 18 heavy (non-hydrogen) atoms. The molecule has 0 aliphatic heterocycles. The molecular formula is C11H12BrF2NO3. The van der Waals surface area contributed by atoms with Crippen LogP contribution in [0.4, 0.5) is 8.78 Å². The lowest BCUT2D eigenvalue weighted by atomic mass is 10.2. The van der Waals surface area contributed by atoms with Crippen molar-refractivity contribution in [3.05, 3.63) is 28.2 Å². The molecule has 7 heteroatoms. The molecule has 0 atom stereocenters. The zero-order chi connectivity index (χ0) is 13.7. The Morgan fingerprint density at radius 2 is 2.22 bits per heavy atom. The van der Waals surface area contributed by atoms with Gasteiger partial charge in [0.15, 0.2) is 0 Å². The predicted octanol–water partition coefficient (Wildman–Crippen LogP) is 2.57. The summed E-state index contributed by atoms with van der Waals surface area (Å²) in [6.07, 6.45) is 0. The van der Waals surface area contributed by atoms with Gasteiger partial charge in [-0.25, -0.2) is 0 Å². The standard InChI is InChI=1S/C11H12BrF2NO3/c1-15(6-9(16)17)5-7-3-2-4-8(12)10(7)18-11(13)14/h2-4,11H,5-6H2,1H3,(H,16,17). The quantitative estimate of drug-likeness (QED) is 0.874. The zero-order valence-electron chi connectivity index (χ0n) is 9.57. The average Bonchev–Trinajstić information content (AvgIpc) is 2.21. The van der Waals surface area contributed by atoms with E-state index < -0.39 is 12.6 Å². The van der Waals surface area contributed by atoms with E-state index in [1.54, 1.807) is 25.2 Å². The van der Waals surface area contributed by atoms with Crippen LogP contribution in [0.2, 0.25) is 0 Å². The average molecular weight is 324 g/mol. The number of rotatable bonds is 6. The van der Waals surface area contributed by atoms with Crippen LogP contribution in [0, 0.1) is 0 Å². The molecule has 0 spiro atoms. The molecule has 1 aromatic carbocycles. The van der Waals surface area contributed by atoms with Crippen LogP contribution >= 0.6 is 15.9 Å². The monoisotopic (exact) mass is 323 g/mol. The van der Waals surface area contributed by atoms with Gasteiger partial charge in [-0.2, -0.15) is 8.78 Å². The smallest absolute Gasteiger partial charge is 0.387 e. The Labute approximate surface area is 111 Å². The number of carboxylic acid groups (broad SMARTS) is 1. The molecule has 1 N–H and O–H groups in total. The first kappa shape index (κ1) is 14.8. The molecule has 0 saturated heterocycles. The maximum atomic E-state index is 12.3. The number of hydrogen-bond donors (Lipinski definition) is 1. The summed E-state index contributed by atoms with van der Waals surface area (Å²) in [4.78, 5) is 12.0. The highest BCUT2D eigenvalue weighted by Crippen LogP contribution is 2.31. The van der Waals surface area contributed by atoms with Gasteiger partial charge >= 0.3 is 12.6 Å². The summed E-state index contributed by atoms with van der Waals surface area (Å²) in [5.74, 6) is -0.950. The molecule has 1 rings (SSSR count). The van der Waals surface area contributed by atoms with Crippen LogP contribution in [-0.2, 0) is 11.3 Å². The Hall–Kier alpha value is -1.21. The summed E-state index contributed by atoms with van der Waals surface area (Å²) < 4.78 is 29.4. The molecule has 100 valence electrons. The summed E-state index contributed by atoms with van der Waals surface area (Å²) in [6.45, 7) is -2.90. The van der Waals surface area contributed by atoms with Gasteiger partial charge in [0.25, 0.3) is 0 Å². The minimum Gasteiger partial charge on any atom is -0.480 e. The van der Waals surface area contributed by atoms with Crippen molar-refractivity contribution in [1.82, 2.24) is 4.90 Å². The summed E-state index contributed by atoms with van der Waals surface area (Å²) >= 11 is 3.12. The highest BCUT2D eigenvalue weighted by atomic mass is 79.9. The molecule has 0 heterocycles. The van der Waals surface area contributed by atoms with Crippen LogP contribution in [0.3, 0.4) is 0 Å². The second-order valence-corrected chi connectivity index (χ2v) is 4.53. The lowest BCUT2D eigenvalue weighted by molar-refractivity contribution is -0.138. The van der Waals surface area contributed by atoms with Gasteiger partial charge in [0.05, 0.1) is 11.0 Å². The van der Waals surface area contributed by atoms with Crippen molar-refractivity contribution in [2.75, 3.05) is 13.6 Å². The third-order valence-corrected chi connectivity index (χ3v) is 2.73. The van der Waals surface area contributed by atoms with E-state index in [0.717, 1.165) is 0 Å². The number of hydrogen-bond acceptors (Lipinski definition) is 3. The van der Waals surface area contributed by atoms with Crippen LogP contribution in [0.15, 0.2) is 22.7 Å². The van der Waals surface area contributed by atoms with E-state index in [0.29, 0.717) is 10.0 Å². The summed E-state index contributed by atoms with van der Waals surface area (Å²) in [5.41, 5.74) is 0.494. The third-order valence-electron chi connectivity index (χ3n) is 2.10. The van der Waals surface area contributed by atoms with E-state index in [1.807, 2.05) is 0 Å². The van der Waals surface area contributed by atoms with Crippen molar-refractivity contribution in [2.45, 2.75) is 13.2 Å². The SMILES string of the molecule is CN(CC(=O)O)Cc1cccc(Br)c1OC(F)F. The molecule has 0 unspecified atom stereocenters. The summed E-state index contributed by atoms with van der Waals surface area (Å²) in [6, 6.07) is 4.87. The number of para-hydroxylation sites is 1. The molecule has 0 aliphatic rings. The Morgan fingerprint density at radius 3 is 2.78 bits per heavy atom. The van der Waals surface area contributed by atoms with Gasteiger partial charge in [0.2, 0.25) is 0 Å². The molecule has 0 aliphatic carbocycles. The molecule has 4 nitrogen and oxygen atoms in total. The number of alkyl halides is 2. The van der Waals surface area contributed by atoms with Gasteiger partial charge in [0, 0.05) is 12.1 Å². The number of halogens is 3. The molecular weight excluding hydrogens is 312 g/mol. The first-order chi connectivity index (χ1) is 8.40. The van der Waals surface area contributed by atoms with Gasteiger partial charge in [-0.1, -0.05) is 12.1 Å². The zero-order valence-corrected chi connectivity index (χ0v) is 11.2. The second-order valence-electron chi connectivity index (χ2n) is 3.67. The van der Waals surface area contributed by atoms with E-state index >= 15 is 0 Å². The molecule has 0 bridgehead atoms. The van der Waals surface area contributed by atoms with Crippen molar-refractivity contribution >= 4 is 21.9 Å². The van der Waals surface area contributed by atoms with Gasteiger partial charge < -0.3 is 9.84 Å². The van der Waals surface area contributed by atoms with E-state index in [-0.39, 0.29) is 18.8 Å². The van der Waals surface area contributed by atoms with E-state index in [2.05, 4.69) is 20.7 Å². The van der Waals surface area contributed by atoms with E-state index in [4.69, 9.17) is 5.11 Å². The highest BCUT2D eigenvalue weighted by Gasteiger charge is 2.15. The van der Waals surface area contributed by atoms with Crippen molar-refractivity contribution in [3.8, 4) is 5.75 Å². The maximum absolute atomic E-state index is 12.3. The largest absolute Gasteiger partial charge is 0.480 e. The van der Waals surface area contributed by atoms with E-state index in [1.165, 1.54) is 4.90 Å². The Morgan fingerprint density at radius 1 is 1.56 bits per heavy atom. The number of nitrogens with zero attached hydrogens (tertiary/aromatic N) is 1. The maximum Gasteiger partial charge on any atom is 0.387 e. The van der Waals surface area contributed by atoms with Gasteiger partial charge in [-0.15, -0.1) is 0 Å². The number of aliphatic carboxylic acids is 1. The first-order valence-electron chi connectivity index (χ1n) is 5.02. The summed E-state index contributed by atoms with van der Waals surface area (Å²) in [7, 11) is 1.58. The lowest BCUT2D eigenvalue weighted by Gasteiger charge is -2.17. The Bertz CT molecular complexity index is 429. The fraction of sp³-hybridized carbons (Fsp3) is 0.364. The van der Waals surface area contributed by atoms with Crippen molar-refractivity contribution in [2.24, 2.45) is 0 Å². The topological polar surface area (TPSA) is 49.8 Å². The second kappa shape index (κ2) is 6.65. The first-order valence-corrected chi connectivity index (χ1v) is 5.82. The molecule has 0 saturated carbocycles. The molecule has 1 aromatic rings. The lowest BCUT2D eigenvalue weighted by Crippen LogP contribution is -2.25. The molecule has 0 radical (unpaired) electrons. The number of carboxylic acids is 1. The molecule has 0 aromatic heterocycles. The predicted molar refractivity (Wildman–Crippen MR) is 64.7 cm³/mol. The number of ether oxygens (including phenoxy) is 1. The Balaban J connectivity index is 2.87. The van der Waals surface area contributed by atoms with Crippen molar-refractivity contribution < 1.29 is 23.4 Å². The fourth-order valence-electron chi connectivity index (χ4n) is 1.48. The fourth-order valence-corrected chi connectivity index (χ4v) is 1.98. The summed E-state index contributed by atoms with van der Waals surface area (Å²) in [5, 5.41) is 8.63. The third kappa shape index (κ3) is 4.58. The Kier molecular flexibility index (Phi) is 5.49. The number of carbonyl (C=O) groups is 1. The van der Waals surface area contributed by atoms with Crippen molar-refractivity contribution in [1.29, 1.82) is 0 Å². The van der Waals surface area contributed by atoms with Crippen LogP contribution in [0.25, 0.3) is 0 Å². The minimum atomic E-state index is -2.92. The minimum absolute atomic E-state index is 0.0322. The van der Waals surface area contributed by atoms with Gasteiger partial charge in [-0.3, -0.25) is 9.69 Å². The molecule has 0 fully saturated rings. The highest BCUT2D eigenvalue weighted by molar-refractivity contribution is 9.10. The van der Waals surface area contributed by atoms with Gasteiger partial charge in [-0.05, 0) is 29.0 Å². The van der Waals surface area contributed by atoms with E-state index in [9.17, 15) is 13.6 Å². The van der Waals surface area contributed by atoms with Crippen LogP contribution in [-0.4, -0.2) is 36.2 Å². The van der Waals surface area contributed by atoms with Crippen molar-refractivity contribution in [3.63, 3.8) is 0 Å².